The van der Waals surface area contributed by atoms with Crippen LogP contribution in [0, 0.1) is 13.8 Å². The van der Waals surface area contributed by atoms with E-state index < -0.39 is 0 Å². The Morgan fingerprint density at radius 2 is 1.07 bits per heavy atom. The van der Waals surface area contributed by atoms with Crippen LogP contribution in [0.4, 0.5) is 17.1 Å². The second-order valence-corrected chi connectivity index (χ2v) is 7.31. The zero-order valence-electron chi connectivity index (χ0n) is 17.2. The van der Waals surface area contributed by atoms with Gasteiger partial charge in [0.15, 0.2) is 0 Å². The van der Waals surface area contributed by atoms with Gasteiger partial charge in [0.1, 0.15) is 0 Å². The van der Waals surface area contributed by atoms with Gasteiger partial charge in [-0.05, 0) is 60.4 Å². The third-order valence-electron chi connectivity index (χ3n) is 5.37. The predicted molar refractivity (Wildman–Crippen MR) is 126 cm³/mol. The minimum Gasteiger partial charge on any atom is -0.388 e. The number of aryl methyl sites for hydroxylation is 2. The molecule has 0 atom stereocenters. The molecule has 29 heavy (non-hydrogen) atoms. The fraction of sp³-hybridized carbons (Fsp3) is 0.111. The van der Waals surface area contributed by atoms with Gasteiger partial charge in [0.05, 0.1) is 0 Å². The Labute approximate surface area is 173 Å². The van der Waals surface area contributed by atoms with E-state index >= 15 is 0 Å². The minimum atomic E-state index is 1.07. The summed E-state index contributed by atoms with van der Waals surface area (Å²) < 4.78 is 0. The summed E-state index contributed by atoms with van der Waals surface area (Å²) in [5.74, 6) is 0. The smallest absolute Gasteiger partial charge is 0.0464 e. The maximum atomic E-state index is 3.65. The first-order valence-corrected chi connectivity index (χ1v) is 9.97. The second kappa shape index (κ2) is 8.24. The van der Waals surface area contributed by atoms with E-state index in [0.717, 1.165) is 17.1 Å². The summed E-state index contributed by atoms with van der Waals surface area (Å²) in [6.45, 7) is 4.31. The van der Waals surface area contributed by atoms with Gasteiger partial charge < -0.3 is 10.6 Å². The first-order chi connectivity index (χ1) is 14.2. The van der Waals surface area contributed by atoms with Crippen molar-refractivity contribution in [1.82, 2.24) is 0 Å². The summed E-state index contributed by atoms with van der Waals surface area (Å²) in [5, 5.41) is 6.98. The van der Waals surface area contributed by atoms with Gasteiger partial charge in [-0.3, -0.25) is 0 Å². The van der Waals surface area contributed by atoms with Crippen LogP contribution in [-0.2, 0) is 0 Å². The first kappa shape index (κ1) is 18.8. The Hall–Kier alpha value is -3.52. The van der Waals surface area contributed by atoms with Gasteiger partial charge in [0.25, 0.3) is 0 Å². The number of hydrogen-bond acceptors (Lipinski definition) is 2. The SMILES string of the molecule is CNc1ccc(Nc2ccccc2-c2ccccc2C)cc1-c1ccccc1C. The number of anilines is 3. The first-order valence-electron chi connectivity index (χ1n) is 9.97. The highest BCUT2D eigenvalue weighted by Gasteiger charge is 2.11. The fourth-order valence-corrected chi connectivity index (χ4v) is 3.80. The average Bonchev–Trinajstić information content (AvgIpc) is 2.75. The van der Waals surface area contributed by atoms with Crippen LogP contribution in [-0.4, -0.2) is 7.05 Å². The zero-order valence-corrected chi connectivity index (χ0v) is 17.2. The van der Waals surface area contributed by atoms with Crippen molar-refractivity contribution in [3.8, 4) is 22.3 Å². The standard InChI is InChI=1S/C27H26N2/c1-19-10-4-6-12-22(19)24-14-8-9-15-27(24)29-21-16-17-26(28-3)25(18-21)23-13-7-5-11-20(23)2/h4-18,28-29H,1-3H3. The molecule has 0 aromatic heterocycles. The van der Waals surface area contributed by atoms with Crippen LogP contribution in [0.25, 0.3) is 22.3 Å². The molecular weight excluding hydrogens is 352 g/mol. The van der Waals surface area contributed by atoms with E-state index in [1.54, 1.807) is 0 Å². The van der Waals surface area contributed by atoms with E-state index in [2.05, 4.69) is 115 Å². The van der Waals surface area contributed by atoms with Gasteiger partial charge in [0.2, 0.25) is 0 Å². The Kier molecular flexibility index (Phi) is 5.35. The van der Waals surface area contributed by atoms with E-state index in [4.69, 9.17) is 0 Å². The molecule has 0 amide bonds. The highest BCUT2D eigenvalue weighted by Crippen LogP contribution is 2.36. The second-order valence-electron chi connectivity index (χ2n) is 7.31. The average molecular weight is 379 g/mol. The summed E-state index contributed by atoms with van der Waals surface area (Å²) in [7, 11) is 1.97. The lowest BCUT2D eigenvalue weighted by Crippen LogP contribution is -1.98. The van der Waals surface area contributed by atoms with Crippen LogP contribution < -0.4 is 10.6 Å². The normalized spacial score (nSPS) is 10.6. The van der Waals surface area contributed by atoms with Gasteiger partial charge in [-0.2, -0.15) is 0 Å². The Balaban J connectivity index is 1.76. The molecule has 2 nitrogen and oxygen atoms in total. The monoisotopic (exact) mass is 378 g/mol. The van der Waals surface area contributed by atoms with E-state index in [0.29, 0.717) is 0 Å². The van der Waals surface area contributed by atoms with Gasteiger partial charge >= 0.3 is 0 Å². The van der Waals surface area contributed by atoms with Crippen molar-refractivity contribution in [2.24, 2.45) is 0 Å². The van der Waals surface area contributed by atoms with Crippen LogP contribution >= 0.6 is 0 Å². The molecule has 0 fully saturated rings. The topological polar surface area (TPSA) is 24.1 Å². The van der Waals surface area contributed by atoms with E-state index in [9.17, 15) is 0 Å². The van der Waals surface area contributed by atoms with Crippen molar-refractivity contribution >= 4 is 17.1 Å². The molecule has 144 valence electrons. The Morgan fingerprint density at radius 1 is 0.517 bits per heavy atom. The summed E-state index contributed by atoms with van der Waals surface area (Å²) in [6, 6.07) is 32.0. The lowest BCUT2D eigenvalue weighted by Gasteiger charge is -2.17. The molecule has 4 aromatic rings. The summed E-state index contributed by atoms with van der Waals surface area (Å²) in [6.07, 6.45) is 0. The van der Waals surface area contributed by atoms with Gasteiger partial charge in [-0.25, -0.2) is 0 Å². The molecule has 0 heterocycles. The molecular formula is C27H26N2. The van der Waals surface area contributed by atoms with Gasteiger partial charge in [-0.1, -0.05) is 66.7 Å². The number of hydrogen-bond donors (Lipinski definition) is 2. The number of benzene rings is 4. The maximum absolute atomic E-state index is 3.65. The zero-order chi connectivity index (χ0) is 20.2. The summed E-state index contributed by atoms with van der Waals surface area (Å²) in [4.78, 5) is 0. The molecule has 0 unspecified atom stereocenters. The highest BCUT2D eigenvalue weighted by molar-refractivity contribution is 5.86. The summed E-state index contributed by atoms with van der Waals surface area (Å²) in [5.41, 5.74) is 10.7. The molecule has 2 heteroatoms. The van der Waals surface area contributed by atoms with Crippen LogP contribution in [0.5, 0.6) is 0 Å². The molecule has 0 spiro atoms. The summed E-state index contributed by atoms with van der Waals surface area (Å²) >= 11 is 0. The van der Waals surface area contributed by atoms with Crippen LogP contribution in [0.15, 0.2) is 91.0 Å². The van der Waals surface area contributed by atoms with Crippen molar-refractivity contribution in [3.05, 3.63) is 102 Å². The van der Waals surface area contributed by atoms with E-state index in [-0.39, 0.29) is 0 Å². The third kappa shape index (κ3) is 3.88. The lowest BCUT2D eigenvalue weighted by molar-refractivity contribution is 1.43. The van der Waals surface area contributed by atoms with Crippen LogP contribution in [0.1, 0.15) is 11.1 Å². The van der Waals surface area contributed by atoms with Crippen LogP contribution in [0.3, 0.4) is 0 Å². The van der Waals surface area contributed by atoms with E-state index in [1.807, 2.05) is 7.05 Å². The molecule has 0 aliphatic carbocycles. The van der Waals surface area contributed by atoms with Gasteiger partial charge in [-0.15, -0.1) is 0 Å². The van der Waals surface area contributed by atoms with Crippen molar-refractivity contribution in [1.29, 1.82) is 0 Å². The lowest BCUT2D eigenvalue weighted by atomic mass is 9.97. The minimum absolute atomic E-state index is 1.07. The van der Waals surface area contributed by atoms with Crippen molar-refractivity contribution < 1.29 is 0 Å². The van der Waals surface area contributed by atoms with E-state index in [1.165, 1.54) is 33.4 Å². The fourth-order valence-electron chi connectivity index (χ4n) is 3.80. The molecule has 0 saturated heterocycles. The molecule has 0 saturated carbocycles. The Bertz CT molecular complexity index is 1140. The Morgan fingerprint density at radius 3 is 1.69 bits per heavy atom. The number of rotatable bonds is 5. The van der Waals surface area contributed by atoms with Crippen molar-refractivity contribution in [3.63, 3.8) is 0 Å². The van der Waals surface area contributed by atoms with Gasteiger partial charge in [0, 0.05) is 35.2 Å². The molecule has 0 aliphatic rings. The predicted octanol–water partition coefficient (Wildman–Crippen LogP) is 7.42. The number of para-hydroxylation sites is 1. The van der Waals surface area contributed by atoms with Crippen molar-refractivity contribution in [2.45, 2.75) is 13.8 Å². The molecule has 4 aromatic carbocycles. The number of nitrogens with one attached hydrogen (secondary N) is 2. The largest absolute Gasteiger partial charge is 0.388 e. The molecule has 0 radical (unpaired) electrons. The molecule has 4 rings (SSSR count). The van der Waals surface area contributed by atoms with Crippen molar-refractivity contribution in [2.75, 3.05) is 17.7 Å². The molecule has 0 bridgehead atoms. The maximum Gasteiger partial charge on any atom is 0.0464 e. The highest BCUT2D eigenvalue weighted by atomic mass is 14.9. The van der Waals surface area contributed by atoms with Crippen LogP contribution in [0.2, 0.25) is 0 Å². The third-order valence-corrected chi connectivity index (χ3v) is 5.37. The molecule has 2 N–H and O–H groups in total. The quantitative estimate of drug-likeness (QED) is 0.377. The molecule has 0 aliphatic heterocycles.